The number of guanidine groups is 1. The first kappa shape index (κ1) is 20.5. The summed E-state index contributed by atoms with van der Waals surface area (Å²) in [6.07, 6.45) is 4.51. The van der Waals surface area contributed by atoms with Crippen LogP contribution in [-0.2, 0) is 12.0 Å². The highest BCUT2D eigenvalue weighted by Gasteiger charge is 2.27. The number of furan rings is 2. The van der Waals surface area contributed by atoms with Crippen molar-refractivity contribution >= 4 is 17.7 Å². The van der Waals surface area contributed by atoms with E-state index in [-0.39, 0.29) is 6.54 Å². The van der Waals surface area contributed by atoms with Gasteiger partial charge in [0.1, 0.15) is 22.9 Å². The third kappa shape index (κ3) is 6.14. The van der Waals surface area contributed by atoms with Gasteiger partial charge in [0.2, 0.25) is 0 Å². The zero-order valence-electron chi connectivity index (χ0n) is 16.0. The second-order valence-corrected chi connectivity index (χ2v) is 7.43. The van der Waals surface area contributed by atoms with Crippen LogP contribution in [0.15, 0.2) is 38.3 Å². The van der Waals surface area contributed by atoms with Crippen molar-refractivity contribution < 1.29 is 13.9 Å². The molecule has 6 nitrogen and oxygen atoms in total. The number of nitrogens with zero attached hydrogens (tertiary/aromatic N) is 1. The lowest BCUT2D eigenvalue weighted by Gasteiger charge is -2.21. The van der Waals surface area contributed by atoms with Crippen molar-refractivity contribution in [2.45, 2.75) is 32.8 Å². The van der Waals surface area contributed by atoms with Crippen LogP contribution in [0.1, 0.15) is 29.8 Å². The SMILES string of the molecule is CSCCNC(=NCC(C)(O)c1cc(C)oc1C)NCCc1ccco1. The molecule has 0 aliphatic heterocycles. The predicted molar refractivity (Wildman–Crippen MR) is 107 cm³/mol. The molecule has 0 aliphatic carbocycles. The molecule has 1 atom stereocenters. The Morgan fingerprint density at radius 1 is 1.31 bits per heavy atom. The van der Waals surface area contributed by atoms with Crippen LogP contribution in [0.4, 0.5) is 0 Å². The Kier molecular flexibility index (Phi) is 7.66. The van der Waals surface area contributed by atoms with E-state index in [9.17, 15) is 5.11 Å². The third-order valence-electron chi connectivity index (χ3n) is 4.01. The minimum atomic E-state index is -1.09. The summed E-state index contributed by atoms with van der Waals surface area (Å²) in [4.78, 5) is 4.58. The molecule has 0 spiro atoms. The molecule has 0 amide bonds. The van der Waals surface area contributed by atoms with Crippen molar-refractivity contribution in [2.75, 3.05) is 31.6 Å². The van der Waals surface area contributed by atoms with Gasteiger partial charge in [-0.3, -0.25) is 0 Å². The molecule has 2 rings (SSSR count). The Balaban J connectivity index is 1.98. The number of aliphatic imine (C=N–C) groups is 1. The van der Waals surface area contributed by atoms with Crippen LogP contribution in [0.25, 0.3) is 0 Å². The molecule has 0 aromatic carbocycles. The molecule has 144 valence electrons. The van der Waals surface area contributed by atoms with Crippen LogP contribution in [-0.4, -0.2) is 42.7 Å². The lowest BCUT2D eigenvalue weighted by Crippen LogP contribution is -2.40. The number of nitrogens with one attached hydrogen (secondary N) is 2. The van der Waals surface area contributed by atoms with Crippen LogP contribution < -0.4 is 10.6 Å². The second-order valence-electron chi connectivity index (χ2n) is 6.44. The Labute approximate surface area is 159 Å². The van der Waals surface area contributed by atoms with Crippen molar-refractivity contribution in [2.24, 2.45) is 4.99 Å². The maximum absolute atomic E-state index is 10.8. The van der Waals surface area contributed by atoms with Crippen LogP contribution in [0.5, 0.6) is 0 Å². The highest BCUT2D eigenvalue weighted by atomic mass is 32.2. The second kappa shape index (κ2) is 9.73. The molecular formula is C19H29N3O3S. The van der Waals surface area contributed by atoms with Crippen molar-refractivity contribution in [1.29, 1.82) is 0 Å². The van der Waals surface area contributed by atoms with Crippen molar-refractivity contribution in [3.05, 3.63) is 47.3 Å². The number of rotatable bonds is 9. The number of aliphatic hydroxyl groups is 1. The standard InChI is InChI=1S/C19H29N3O3S/c1-14-12-17(15(2)25-14)19(3,23)13-22-18(21-9-11-26-4)20-8-7-16-6-5-10-24-16/h5-6,10,12,23H,7-9,11,13H2,1-4H3,(H2,20,21,22). The van der Waals surface area contributed by atoms with Crippen LogP contribution in [0.3, 0.4) is 0 Å². The van der Waals surface area contributed by atoms with E-state index in [1.165, 1.54) is 0 Å². The fourth-order valence-corrected chi connectivity index (χ4v) is 2.99. The molecule has 7 heteroatoms. The average Bonchev–Trinajstić information content (AvgIpc) is 3.22. The van der Waals surface area contributed by atoms with Gasteiger partial charge in [0.05, 0.1) is 12.8 Å². The van der Waals surface area contributed by atoms with Crippen molar-refractivity contribution in [3.8, 4) is 0 Å². The smallest absolute Gasteiger partial charge is 0.191 e. The first-order valence-corrected chi connectivity index (χ1v) is 10.1. The molecule has 0 saturated heterocycles. The van der Waals surface area contributed by atoms with E-state index in [4.69, 9.17) is 8.83 Å². The molecule has 1 unspecified atom stereocenters. The van der Waals surface area contributed by atoms with Gasteiger partial charge in [0.15, 0.2) is 5.96 Å². The monoisotopic (exact) mass is 379 g/mol. The van der Waals surface area contributed by atoms with Crippen molar-refractivity contribution in [3.63, 3.8) is 0 Å². The molecule has 3 N–H and O–H groups in total. The summed E-state index contributed by atoms with van der Waals surface area (Å²) >= 11 is 1.77. The lowest BCUT2D eigenvalue weighted by molar-refractivity contribution is 0.0657. The van der Waals surface area contributed by atoms with Gasteiger partial charge in [-0.1, -0.05) is 0 Å². The van der Waals surface area contributed by atoms with Crippen LogP contribution >= 0.6 is 11.8 Å². The number of aryl methyl sites for hydroxylation is 2. The van der Waals surface area contributed by atoms with Crippen LogP contribution in [0.2, 0.25) is 0 Å². The van der Waals surface area contributed by atoms with E-state index < -0.39 is 5.60 Å². The Morgan fingerprint density at radius 3 is 2.69 bits per heavy atom. The van der Waals surface area contributed by atoms with Gasteiger partial charge in [-0.2, -0.15) is 11.8 Å². The zero-order chi connectivity index (χ0) is 19.0. The van der Waals surface area contributed by atoms with Gasteiger partial charge >= 0.3 is 0 Å². The van der Waals surface area contributed by atoms with E-state index in [1.807, 2.05) is 32.0 Å². The fourth-order valence-electron chi connectivity index (χ4n) is 2.69. The summed E-state index contributed by atoms with van der Waals surface area (Å²) in [7, 11) is 0. The van der Waals surface area contributed by atoms with Gasteiger partial charge < -0.3 is 24.6 Å². The van der Waals surface area contributed by atoms with E-state index in [0.29, 0.717) is 12.5 Å². The number of thioether (sulfide) groups is 1. The van der Waals surface area contributed by atoms with E-state index in [0.717, 1.165) is 41.6 Å². The molecule has 2 aromatic heterocycles. The summed E-state index contributed by atoms with van der Waals surface area (Å²) in [6, 6.07) is 5.71. The summed E-state index contributed by atoms with van der Waals surface area (Å²) in [5.74, 6) is 4.11. The van der Waals surface area contributed by atoms with Crippen LogP contribution in [0, 0.1) is 13.8 Å². The summed E-state index contributed by atoms with van der Waals surface area (Å²) in [6.45, 7) is 7.24. The molecule has 26 heavy (non-hydrogen) atoms. The topological polar surface area (TPSA) is 82.9 Å². The van der Waals surface area contributed by atoms with Gasteiger partial charge in [0, 0.05) is 30.8 Å². The molecule has 2 aromatic rings. The van der Waals surface area contributed by atoms with E-state index in [2.05, 4.69) is 21.9 Å². The minimum Gasteiger partial charge on any atom is -0.469 e. The van der Waals surface area contributed by atoms with Gasteiger partial charge in [-0.25, -0.2) is 4.99 Å². The van der Waals surface area contributed by atoms with E-state index >= 15 is 0 Å². The molecule has 0 fully saturated rings. The quantitative estimate of drug-likeness (QED) is 0.353. The largest absolute Gasteiger partial charge is 0.469 e. The zero-order valence-corrected chi connectivity index (χ0v) is 16.8. The highest BCUT2D eigenvalue weighted by Crippen LogP contribution is 2.27. The first-order chi connectivity index (χ1) is 12.4. The van der Waals surface area contributed by atoms with Gasteiger partial charge in [0.25, 0.3) is 0 Å². The molecule has 0 aliphatic rings. The summed E-state index contributed by atoms with van der Waals surface area (Å²) < 4.78 is 10.9. The highest BCUT2D eigenvalue weighted by molar-refractivity contribution is 7.98. The Morgan fingerprint density at radius 2 is 2.08 bits per heavy atom. The van der Waals surface area contributed by atoms with Gasteiger partial charge in [-0.15, -0.1) is 0 Å². The maximum Gasteiger partial charge on any atom is 0.191 e. The minimum absolute atomic E-state index is 0.238. The molecule has 2 heterocycles. The predicted octanol–water partition coefficient (Wildman–Crippen LogP) is 2.84. The summed E-state index contributed by atoms with van der Waals surface area (Å²) in [5.41, 5.74) is -0.311. The summed E-state index contributed by atoms with van der Waals surface area (Å²) in [5, 5.41) is 17.4. The fraction of sp³-hybridized carbons (Fsp3) is 0.526. The average molecular weight is 380 g/mol. The molecule has 0 bridgehead atoms. The Hall–Kier alpha value is -1.86. The normalized spacial score (nSPS) is 14.3. The molecule has 0 radical (unpaired) electrons. The first-order valence-electron chi connectivity index (χ1n) is 8.76. The molecular weight excluding hydrogens is 350 g/mol. The number of hydrogen-bond donors (Lipinski definition) is 3. The lowest BCUT2D eigenvalue weighted by atomic mass is 9.96. The van der Waals surface area contributed by atoms with E-state index in [1.54, 1.807) is 24.9 Å². The van der Waals surface area contributed by atoms with Gasteiger partial charge in [-0.05, 0) is 45.2 Å². The molecule has 0 saturated carbocycles. The third-order valence-corrected chi connectivity index (χ3v) is 4.62. The number of hydrogen-bond acceptors (Lipinski definition) is 5. The van der Waals surface area contributed by atoms with Crippen molar-refractivity contribution in [1.82, 2.24) is 10.6 Å². The maximum atomic E-state index is 10.8. The Bertz CT molecular complexity index is 693.